The van der Waals surface area contributed by atoms with Crippen LogP contribution in [0.15, 0.2) is 47.5 Å². The lowest BCUT2D eigenvalue weighted by molar-refractivity contribution is -0.555. The maximum Gasteiger partial charge on any atom is 0.317 e. The third-order valence-corrected chi connectivity index (χ3v) is 17.0. The second kappa shape index (κ2) is 24.5. The van der Waals surface area contributed by atoms with Crippen LogP contribution in [0.4, 0.5) is 42.5 Å². The minimum atomic E-state index is -2.76. The second-order valence-corrected chi connectivity index (χ2v) is 21.8. The number of fused-ring (bicyclic) bond motifs is 3. The van der Waals surface area contributed by atoms with Crippen molar-refractivity contribution in [3.63, 3.8) is 0 Å². The number of urea groups is 1. The summed E-state index contributed by atoms with van der Waals surface area (Å²) in [4.78, 5) is 85.5. The molecule has 3 aromatic heterocycles. The van der Waals surface area contributed by atoms with E-state index in [9.17, 15) is 32.8 Å². The summed E-state index contributed by atoms with van der Waals surface area (Å²) in [6.45, 7) is 6.34. The number of likely N-dealkylation sites (N-methyl/N-ethyl adjacent to an activating group) is 1. The molecule has 0 aliphatic carbocycles. The Hall–Kier alpha value is -8.15. The quantitative estimate of drug-likeness (QED) is 0.0875. The first-order valence-electron chi connectivity index (χ1n) is 28.4. The van der Waals surface area contributed by atoms with Gasteiger partial charge in [-0.25, -0.2) is 18.6 Å². The number of hydrogen-bond acceptors (Lipinski definition) is 14. The average molecular weight is 1130 g/mol. The van der Waals surface area contributed by atoms with Crippen molar-refractivity contribution in [1.29, 1.82) is 5.41 Å². The number of nitrogens with zero attached hydrogens (tertiary/aromatic N) is 10. The molecule has 5 amide bonds. The molecule has 2 aromatic carbocycles. The van der Waals surface area contributed by atoms with E-state index < -0.39 is 12.0 Å². The van der Waals surface area contributed by atoms with Crippen LogP contribution in [0.1, 0.15) is 90.9 Å². The van der Waals surface area contributed by atoms with Crippen LogP contribution < -0.4 is 46.1 Å². The molecule has 82 heavy (non-hydrogen) atoms. The van der Waals surface area contributed by atoms with Gasteiger partial charge in [-0.3, -0.25) is 23.9 Å². The number of alkyl halides is 2. The minimum Gasteiger partial charge on any atom is -0.494 e. The standard InChI is InChI=1S/C58H73F2N15O7/c1-34-30-65-57(67-52(34)66-40-24-38-26-48(82-33-49(76)63-3)56(79)69(5)50(38)47(27-40)81-6)72-19-11-36(12-20-72)54(77)70-17-9-35(10-18-70)55(78)71-21-13-41(14-22-71)75-45-15-23-73(58(80)64-4)32-44(45)53(68-75)74-16-7-8-37-25-42(39(29-61)31-62-2)43(51(59)60)28-46(37)74/h24-31,35-36,41,51,61-62H,7-23,32-33H2,1-6H3,(H,63,76)(H,64,80)(H,65,66,67)/p+1/b39-31+,61-29?. The molecule has 24 heteroatoms. The van der Waals surface area contributed by atoms with Crippen LogP contribution in [0.25, 0.3) is 16.5 Å². The Morgan fingerprint density at radius 3 is 2.21 bits per heavy atom. The van der Waals surface area contributed by atoms with Crippen LogP contribution in [0.2, 0.25) is 0 Å². The molecule has 5 aliphatic heterocycles. The molecule has 5 aliphatic rings. The summed E-state index contributed by atoms with van der Waals surface area (Å²) in [5.41, 5.74) is 5.73. The number of likely N-dealkylation sites (tertiary alicyclic amines) is 2. The van der Waals surface area contributed by atoms with Gasteiger partial charge in [0.2, 0.25) is 17.8 Å². The van der Waals surface area contributed by atoms with Gasteiger partial charge >= 0.3 is 6.03 Å². The molecular formula is C58H74F2N15O7+. The highest BCUT2D eigenvalue weighted by molar-refractivity contribution is 6.08. The molecule has 0 saturated carbocycles. The molecule has 0 radical (unpaired) electrons. The molecule has 6 N–H and O–H groups in total. The topological polar surface area (TPSA) is 245 Å². The number of methoxy groups -OCH3 is 1. The van der Waals surface area contributed by atoms with Crippen molar-refractivity contribution >= 4 is 75.4 Å². The van der Waals surface area contributed by atoms with Crippen molar-refractivity contribution in [1.82, 2.24) is 49.6 Å². The fourth-order valence-electron chi connectivity index (χ4n) is 12.5. The van der Waals surface area contributed by atoms with Gasteiger partial charge in [-0.1, -0.05) is 0 Å². The number of quaternary nitrogens is 1. The summed E-state index contributed by atoms with van der Waals surface area (Å²) in [6.07, 6.45) is 7.68. The predicted molar refractivity (Wildman–Crippen MR) is 307 cm³/mol. The summed E-state index contributed by atoms with van der Waals surface area (Å²) < 4.78 is 44.5. The monoisotopic (exact) mass is 1130 g/mol. The molecule has 436 valence electrons. The smallest absolute Gasteiger partial charge is 0.317 e. The number of hydrogen-bond donors (Lipinski definition) is 5. The minimum absolute atomic E-state index is 0.00605. The molecule has 0 unspecified atom stereocenters. The third-order valence-electron chi connectivity index (χ3n) is 17.0. The van der Waals surface area contributed by atoms with Crippen LogP contribution in [-0.4, -0.2) is 156 Å². The van der Waals surface area contributed by atoms with E-state index in [0.717, 1.165) is 35.0 Å². The molecule has 10 rings (SSSR count). The SMILES string of the molecule is CNC(=O)COc1cc2cc(Nc3nc(N4CCC(C(=O)N5CCC(C(=O)N6CCC(n7nc(N8CCCc9cc(/C(C=N)=C/[NH2+]C)c(C(F)F)cc98)c8c7CCN(C(=O)NC)C8)CC6)CC5)CC4)ncc3C)cc(OC)c2n(C)c1=O. The molecule has 0 atom stereocenters. The summed E-state index contributed by atoms with van der Waals surface area (Å²) >= 11 is 0. The second-order valence-electron chi connectivity index (χ2n) is 21.8. The summed E-state index contributed by atoms with van der Waals surface area (Å²) in [5.74, 6) is 1.81. The number of pyridine rings is 1. The zero-order chi connectivity index (χ0) is 57.9. The first kappa shape index (κ1) is 57.1. The number of aryl methyl sites for hydroxylation is 3. The lowest BCUT2D eigenvalue weighted by atomic mass is 9.91. The number of carbonyl (C=O) groups is 4. The van der Waals surface area contributed by atoms with Gasteiger partial charge in [0, 0.05) is 149 Å². The van der Waals surface area contributed by atoms with Crippen molar-refractivity contribution in [3.8, 4) is 11.5 Å². The molecule has 22 nitrogen and oxygen atoms in total. The number of benzene rings is 2. The first-order chi connectivity index (χ1) is 39.6. The molecule has 3 saturated heterocycles. The van der Waals surface area contributed by atoms with E-state index in [0.29, 0.717) is 167 Å². The number of nitrogens with two attached hydrogens (primary N) is 1. The summed E-state index contributed by atoms with van der Waals surface area (Å²) in [6, 6.07) is 8.39. The maximum absolute atomic E-state index is 14.8. The highest BCUT2D eigenvalue weighted by Crippen LogP contribution is 2.43. The van der Waals surface area contributed by atoms with Gasteiger partial charge in [0.1, 0.15) is 17.8 Å². The van der Waals surface area contributed by atoms with Gasteiger partial charge in [-0.15, -0.1) is 0 Å². The van der Waals surface area contributed by atoms with Gasteiger partial charge in [-0.2, -0.15) is 10.1 Å². The number of ether oxygens (including phenoxy) is 2. The van der Waals surface area contributed by atoms with Crippen LogP contribution in [0, 0.1) is 24.2 Å². The number of halogens is 2. The first-order valence-corrected chi connectivity index (χ1v) is 28.4. The third kappa shape index (κ3) is 11.4. The Bertz CT molecular complexity index is 3360. The normalized spacial score (nSPS) is 17.4. The molecule has 5 aromatic rings. The van der Waals surface area contributed by atoms with Crippen molar-refractivity contribution < 1.29 is 42.7 Å². The number of allylic oxidation sites excluding steroid dienone is 1. The fraction of sp³-hybridized carbons (Fsp3) is 0.500. The number of amides is 5. The zero-order valence-corrected chi connectivity index (χ0v) is 47.5. The molecule has 3 fully saturated rings. The number of carbonyl (C=O) groups excluding carboxylic acids is 4. The van der Waals surface area contributed by atoms with Crippen molar-refractivity contribution in [2.75, 3.05) is 102 Å². The lowest BCUT2D eigenvalue weighted by Crippen LogP contribution is -2.72. The molecule has 8 heterocycles. The van der Waals surface area contributed by atoms with Crippen LogP contribution in [0.3, 0.4) is 0 Å². The number of piperidine rings is 3. The number of anilines is 5. The van der Waals surface area contributed by atoms with Crippen LogP contribution in [0.5, 0.6) is 11.5 Å². The van der Waals surface area contributed by atoms with Gasteiger partial charge in [0.05, 0.1) is 37.8 Å². The van der Waals surface area contributed by atoms with Gasteiger partial charge < -0.3 is 65.2 Å². The maximum atomic E-state index is 14.8. The Morgan fingerprint density at radius 1 is 0.866 bits per heavy atom. The van der Waals surface area contributed by atoms with E-state index in [4.69, 9.17) is 25.0 Å². The lowest BCUT2D eigenvalue weighted by Gasteiger charge is -2.39. The van der Waals surface area contributed by atoms with Crippen molar-refractivity contribution in [2.24, 2.45) is 18.9 Å². The van der Waals surface area contributed by atoms with E-state index in [2.05, 4.69) is 30.5 Å². The van der Waals surface area contributed by atoms with Crippen molar-refractivity contribution in [2.45, 2.75) is 83.7 Å². The molecule has 0 bridgehead atoms. The highest BCUT2D eigenvalue weighted by atomic mass is 19.3. The Kier molecular flexibility index (Phi) is 17.1. The Balaban J connectivity index is 0.748. The number of rotatable bonds is 15. The van der Waals surface area contributed by atoms with Crippen molar-refractivity contribution in [3.05, 3.63) is 86.6 Å². The Labute approximate surface area is 474 Å². The zero-order valence-electron chi connectivity index (χ0n) is 47.5. The molecular weight excluding hydrogens is 1060 g/mol. The molecule has 0 spiro atoms. The Morgan fingerprint density at radius 2 is 1.56 bits per heavy atom. The number of nitrogens with one attached hydrogen (secondary N) is 4. The van der Waals surface area contributed by atoms with E-state index in [1.165, 1.54) is 18.7 Å². The van der Waals surface area contributed by atoms with E-state index in [1.807, 2.05) is 27.7 Å². The predicted octanol–water partition coefficient (Wildman–Crippen LogP) is 4.93. The summed E-state index contributed by atoms with van der Waals surface area (Å²) in [7, 11) is 8.04. The van der Waals surface area contributed by atoms with Crippen LogP contribution in [-0.2, 0) is 40.8 Å². The highest BCUT2D eigenvalue weighted by Gasteiger charge is 2.39. The van der Waals surface area contributed by atoms with Gasteiger partial charge in [-0.05, 0) is 93.7 Å². The van der Waals surface area contributed by atoms with Crippen LogP contribution >= 0.6 is 0 Å². The average Bonchev–Trinajstić information content (AvgIpc) is 2.67. The largest absolute Gasteiger partial charge is 0.494 e. The van der Waals surface area contributed by atoms with E-state index >= 15 is 0 Å². The van der Waals surface area contributed by atoms with E-state index in [1.54, 1.807) is 68.0 Å². The summed E-state index contributed by atoms with van der Waals surface area (Å²) in [5, 5.41) is 24.3. The number of aromatic nitrogens is 5. The van der Waals surface area contributed by atoms with Gasteiger partial charge in [0.15, 0.2) is 18.2 Å². The fourth-order valence-corrected chi connectivity index (χ4v) is 12.5. The van der Waals surface area contributed by atoms with Gasteiger partial charge in [0.25, 0.3) is 17.9 Å². The van der Waals surface area contributed by atoms with E-state index in [-0.39, 0.29) is 59.6 Å².